The van der Waals surface area contributed by atoms with Gasteiger partial charge < -0.3 is 9.47 Å². The Labute approximate surface area is 132 Å². The molecule has 0 saturated carbocycles. The van der Waals surface area contributed by atoms with Crippen molar-refractivity contribution in [2.24, 2.45) is 5.41 Å². The van der Waals surface area contributed by atoms with Gasteiger partial charge in [-0.05, 0) is 25.0 Å². The van der Waals surface area contributed by atoms with Crippen molar-refractivity contribution in [3.05, 3.63) is 29.0 Å². The predicted molar refractivity (Wildman–Crippen MR) is 79.0 cm³/mol. The van der Waals surface area contributed by atoms with Crippen molar-refractivity contribution in [1.29, 1.82) is 0 Å². The van der Waals surface area contributed by atoms with E-state index in [1.807, 2.05) is 0 Å². The number of ether oxygens (including phenoxy) is 2. The molecule has 1 saturated heterocycles. The number of rotatable bonds is 5. The smallest absolute Gasteiger partial charge is 0.233 e. The van der Waals surface area contributed by atoms with Crippen LogP contribution in [0.15, 0.2) is 18.2 Å². The standard InChI is InChI=1S/C13H15Cl2FO4S/c14-10-2-1-3-11(12(10)16)20-8-13(9-21(15,17)18)4-6-19-7-5-13/h1-3H,4-9H2. The molecule has 4 nitrogen and oxygen atoms in total. The summed E-state index contributed by atoms with van der Waals surface area (Å²) in [6.45, 7) is 0.890. The highest BCUT2D eigenvalue weighted by Crippen LogP contribution is 2.35. The molecular weight excluding hydrogens is 342 g/mol. The molecule has 0 unspecified atom stereocenters. The zero-order valence-electron chi connectivity index (χ0n) is 11.1. The molecule has 21 heavy (non-hydrogen) atoms. The van der Waals surface area contributed by atoms with Gasteiger partial charge in [-0.3, -0.25) is 0 Å². The maximum absolute atomic E-state index is 13.8. The van der Waals surface area contributed by atoms with Crippen LogP contribution in [0, 0.1) is 11.2 Å². The van der Waals surface area contributed by atoms with Crippen molar-refractivity contribution in [3.8, 4) is 5.75 Å². The maximum atomic E-state index is 13.8. The van der Waals surface area contributed by atoms with Gasteiger partial charge in [-0.2, -0.15) is 0 Å². The van der Waals surface area contributed by atoms with E-state index >= 15 is 0 Å². The lowest BCUT2D eigenvalue weighted by atomic mass is 9.83. The maximum Gasteiger partial charge on any atom is 0.233 e. The number of hydrogen-bond acceptors (Lipinski definition) is 4. The first-order valence-corrected chi connectivity index (χ1v) is 9.24. The molecular formula is C13H15Cl2FO4S. The van der Waals surface area contributed by atoms with E-state index in [0.29, 0.717) is 26.1 Å². The normalized spacial score (nSPS) is 18.4. The molecule has 1 aliphatic rings. The van der Waals surface area contributed by atoms with E-state index in [0.717, 1.165) is 0 Å². The monoisotopic (exact) mass is 356 g/mol. The Bertz CT molecular complexity index is 600. The fourth-order valence-corrected chi connectivity index (χ4v) is 4.29. The van der Waals surface area contributed by atoms with Gasteiger partial charge in [-0.15, -0.1) is 0 Å². The average Bonchev–Trinajstić information content (AvgIpc) is 2.40. The minimum Gasteiger partial charge on any atom is -0.490 e. The topological polar surface area (TPSA) is 52.6 Å². The summed E-state index contributed by atoms with van der Waals surface area (Å²) < 4.78 is 47.3. The third kappa shape index (κ3) is 4.71. The molecule has 0 aliphatic carbocycles. The quantitative estimate of drug-likeness (QED) is 0.760. The predicted octanol–water partition coefficient (Wildman–Crippen LogP) is 3.22. The van der Waals surface area contributed by atoms with Crippen LogP contribution in [0.5, 0.6) is 5.75 Å². The van der Waals surface area contributed by atoms with Crippen LogP contribution >= 0.6 is 22.3 Å². The second-order valence-electron chi connectivity index (χ2n) is 5.14. The van der Waals surface area contributed by atoms with Gasteiger partial charge in [0.25, 0.3) is 0 Å². The van der Waals surface area contributed by atoms with Crippen LogP contribution in [0.3, 0.4) is 0 Å². The molecule has 1 heterocycles. The van der Waals surface area contributed by atoms with Crippen molar-refractivity contribution in [3.63, 3.8) is 0 Å². The van der Waals surface area contributed by atoms with E-state index in [1.54, 1.807) is 6.07 Å². The summed E-state index contributed by atoms with van der Waals surface area (Å²) in [7, 11) is 1.69. The lowest BCUT2D eigenvalue weighted by molar-refractivity contribution is 0.00164. The molecule has 0 N–H and O–H groups in total. The molecule has 2 rings (SSSR count). The van der Waals surface area contributed by atoms with Crippen molar-refractivity contribution < 1.29 is 22.3 Å². The van der Waals surface area contributed by atoms with Gasteiger partial charge in [-0.25, -0.2) is 12.8 Å². The lowest BCUT2D eigenvalue weighted by Crippen LogP contribution is -2.40. The van der Waals surface area contributed by atoms with E-state index < -0.39 is 20.3 Å². The zero-order chi connectivity index (χ0) is 15.5. The largest absolute Gasteiger partial charge is 0.490 e. The summed E-state index contributed by atoms with van der Waals surface area (Å²) in [4.78, 5) is 0. The first-order chi connectivity index (χ1) is 9.81. The molecule has 8 heteroatoms. The van der Waals surface area contributed by atoms with Crippen molar-refractivity contribution >= 4 is 31.3 Å². The average molecular weight is 357 g/mol. The summed E-state index contributed by atoms with van der Waals surface area (Å²) in [5.74, 6) is -0.886. The lowest BCUT2D eigenvalue weighted by Gasteiger charge is -2.35. The van der Waals surface area contributed by atoms with Crippen molar-refractivity contribution in [2.75, 3.05) is 25.6 Å². The Morgan fingerprint density at radius 2 is 2.00 bits per heavy atom. The molecule has 1 aromatic rings. The minimum absolute atomic E-state index is 0.000312. The highest BCUT2D eigenvalue weighted by Gasteiger charge is 2.38. The van der Waals surface area contributed by atoms with Crippen molar-refractivity contribution in [1.82, 2.24) is 0 Å². The molecule has 0 atom stereocenters. The van der Waals surface area contributed by atoms with Crippen LogP contribution in [-0.4, -0.2) is 34.0 Å². The second kappa shape index (κ2) is 6.69. The molecule has 1 aromatic carbocycles. The molecule has 1 aliphatic heterocycles. The van der Waals surface area contributed by atoms with E-state index in [2.05, 4.69) is 0 Å². The van der Waals surface area contributed by atoms with Crippen molar-refractivity contribution in [2.45, 2.75) is 12.8 Å². The van der Waals surface area contributed by atoms with Crippen LogP contribution in [0.1, 0.15) is 12.8 Å². The summed E-state index contributed by atoms with van der Waals surface area (Å²) in [6.07, 6.45) is 0.974. The third-order valence-electron chi connectivity index (χ3n) is 3.48. The minimum atomic E-state index is -3.69. The molecule has 0 aromatic heterocycles. The van der Waals surface area contributed by atoms with Crippen LogP contribution in [0.25, 0.3) is 0 Å². The van der Waals surface area contributed by atoms with Crippen LogP contribution in [0.2, 0.25) is 5.02 Å². The van der Waals surface area contributed by atoms with Gasteiger partial charge in [0.2, 0.25) is 9.05 Å². The third-order valence-corrected chi connectivity index (χ3v) is 5.06. The second-order valence-corrected chi connectivity index (χ2v) is 8.32. The Kier molecular flexibility index (Phi) is 5.35. The van der Waals surface area contributed by atoms with Gasteiger partial charge in [0.05, 0.1) is 17.4 Å². The fourth-order valence-electron chi connectivity index (χ4n) is 2.33. The Morgan fingerprint density at radius 1 is 1.33 bits per heavy atom. The van der Waals surface area contributed by atoms with Crippen LogP contribution < -0.4 is 4.74 Å². The number of benzene rings is 1. The number of hydrogen-bond donors (Lipinski definition) is 0. The van der Waals surface area contributed by atoms with Gasteiger partial charge >= 0.3 is 0 Å². The summed E-state index contributed by atoms with van der Waals surface area (Å²) in [6, 6.07) is 4.43. The first-order valence-electron chi connectivity index (χ1n) is 6.38. The van der Waals surface area contributed by atoms with Crippen LogP contribution in [0.4, 0.5) is 4.39 Å². The fraction of sp³-hybridized carbons (Fsp3) is 0.538. The van der Waals surface area contributed by atoms with E-state index in [1.165, 1.54) is 12.1 Å². The highest BCUT2D eigenvalue weighted by molar-refractivity contribution is 8.13. The first kappa shape index (κ1) is 16.8. The highest BCUT2D eigenvalue weighted by atomic mass is 35.7. The van der Waals surface area contributed by atoms with Gasteiger partial charge in [0.15, 0.2) is 11.6 Å². The van der Waals surface area contributed by atoms with Gasteiger partial charge in [-0.1, -0.05) is 17.7 Å². The number of halogens is 3. The SMILES string of the molecule is O=S(=O)(Cl)CC1(COc2cccc(Cl)c2F)CCOCC1. The van der Waals surface area contributed by atoms with Gasteiger partial charge in [0.1, 0.15) is 0 Å². The summed E-state index contributed by atoms with van der Waals surface area (Å²) in [5.41, 5.74) is -0.673. The van der Waals surface area contributed by atoms with E-state index in [-0.39, 0.29) is 23.1 Å². The Morgan fingerprint density at radius 3 is 2.62 bits per heavy atom. The molecule has 0 bridgehead atoms. The summed E-state index contributed by atoms with van der Waals surface area (Å²) >= 11 is 5.68. The molecule has 0 radical (unpaired) electrons. The van der Waals surface area contributed by atoms with Gasteiger partial charge in [0, 0.05) is 29.3 Å². The van der Waals surface area contributed by atoms with Crippen LogP contribution in [-0.2, 0) is 13.8 Å². The van der Waals surface area contributed by atoms with E-state index in [9.17, 15) is 12.8 Å². The molecule has 118 valence electrons. The summed E-state index contributed by atoms with van der Waals surface area (Å²) in [5, 5.41) is -0.0431. The zero-order valence-corrected chi connectivity index (χ0v) is 13.5. The molecule has 0 spiro atoms. The van der Waals surface area contributed by atoms with E-state index in [4.69, 9.17) is 31.8 Å². The Balaban J connectivity index is 2.14. The Hall–Kier alpha value is -0.560. The molecule has 1 fully saturated rings. The molecule has 0 amide bonds.